The summed E-state index contributed by atoms with van der Waals surface area (Å²) in [5, 5.41) is 3.32. The Bertz CT molecular complexity index is 287. The number of methoxy groups -OCH3 is 2. The molecule has 0 heterocycles. The molecule has 0 aliphatic carbocycles. The fourth-order valence-corrected chi connectivity index (χ4v) is 1.36. The van der Waals surface area contributed by atoms with Gasteiger partial charge >= 0.3 is 0 Å². The Hall–Kier alpha value is -1.26. The van der Waals surface area contributed by atoms with Gasteiger partial charge in [-0.1, -0.05) is 0 Å². The number of hydrogen-bond donors (Lipinski definition) is 1. The molecule has 17 heavy (non-hydrogen) atoms. The summed E-state index contributed by atoms with van der Waals surface area (Å²) in [6.07, 6.45) is 0.982. The molecule has 4 nitrogen and oxygen atoms in total. The fourth-order valence-electron chi connectivity index (χ4n) is 1.36. The van der Waals surface area contributed by atoms with Gasteiger partial charge in [0.1, 0.15) is 5.75 Å². The monoisotopic (exact) mass is 239 g/mol. The van der Waals surface area contributed by atoms with Gasteiger partial charge in [-0.05, 0) is 30.7 Å². The number of rotatable bonds is 9. The van der Waals surface area contributed by atoms with Gasteiger partial charge in [0, 0.05) is 25.9 Å². The molecule has 0 amide bonds. The Kier molecular flexibility index (Phi) is 7.18. The van der Waals surface area contributed by atoms with Crippen molar-refractivity contribution in [1.29, 1.82) is 0 Å². The Balaban J connectivity index is 2.05. The van der Waals surface area contributed by atoms with Crippen LogP contribution >= 0.6 is 0 Å². The van der Waals surface area contributed by atoms with Crippen LogP contribution in [0.5, 0.6) is 5.75 Å². The molecule has 0 fully saturated rings. The van der Waals surface area contributed by atoms with Gasteiger partial charge in [-0.25, -0.2) is 0 Å². The van der Waals surface area contributed by atoms with E-state index in [1.54, 1.807) is 14.2 Å². The molecule has 0 spiro atoms. The normalized spacial score (nSPS) is 10.2. The van der Waals surface area contributed by atoms with E-state index in [1.807, 2.05) is 24.3 Å². The topological polar surface area (TPSA) is 39.7 Å². The SMILES string of the molecule is COCCOCCCNc1ccc(OC)cc1. The second-order valence-corrected chi connectivity index (χ2v) is 3.61. The van der Waals surface area contributed by atoms with Gasteiger partial charge in [-0.2, -0.15) is 0 Å². The summed E-state index contributed by atoms with van der Waals surface area (Å²) in [5.41, 5.74) is 1.10. The second kappa shape index (κ2) is 8.84. The standard InChI is InChI=1S/C13H21NO3/c1-15-10-11-17-9-3-8-14-12-4-6-13(16-2)7-5-12/h4-7,14H,3,8-11H2,1-2H3. The molecule has 1 N–H and O–H groups in total. The van der Waals surface area contributed by atoms with Crippen LogP contribution in [0.25, 0.3) is 0 Å². The summed E-state index contributed by atoms with van der Waals surface area (Å²) >= 11 is 0. The highest BCUT2D eigenvalue weighted by molar-refractivity contribution is 5.46. The second-order valence-electron chi connectivity index (χ2n) is 3.61. The molecule has 0 atom stereocenters. The molecule has 1 aromatic carbocycles. The minimum atomic E-state index is 0.659. The lowest BCUT2D eigenvalue weighted by molar-refractivity contribution is 0.0705. The first-order valence-corrected chi connectivity index (χ1v) is 5.81. The quantitative estimate of drug-likeness (QED) is 0.670. The Morgan fingerprint density at radius 3 is 2.41 bits per heavy atom. The highest BCUT2D eigenvalue weighted by atomic mass is 16.5. The summed E-state index contributed by atoms with van der Waals surface area (Å²) in [6.45, 7) is 2.98. The lowest BCUT2D eigenvalue weighted by atomic mass is 10.3. The zero-order valence-corrected chi connectivity index (χ0v) is 10.6. The smallest absolute Gasteiger partial charge is 0.119 e. The number of benzene rings is 1. The van der Waals surface area contributed by atoms with Gasteiger partial charge in [0.15, 0.2) is 0 Å². The molecule has 0 bridgehead atoms. The Morgan fingerprint density at radius 1 is 1.00 bits per heavy atom. The van der Waals surface area contributed by atoms with E-state index in [1.165, 1.54) is 0 Å². The van der Waals surface area contributed by atoms with E-state index in [0.29, 0.717) is 13.2 Å². The van der Waals surface area contributed by atoms with E-state index in [-0.39, 0.29) is 0 Å². The van der Waals surface area contributed by atoms with Gasteiger partial charge in [-0.15, -0.1) is 0 Å². The molecule has 0 saturated carbocycles. The van der Waals surface area contributed by atoms with Crippen LogP contribution in [0.1, 0.15) is 6.42 Å². The van der Waals surface area contributed by atoms with Crippen LogP contribution in [0.2, 0.25) is 0 Å². The summed E-state index contributed by atoms with van der Waals surface area (Å²) < 4.78 is 15.3. The minimum absolute atomic E-state index is 0.659. The van der Waals surface area contributed by atoms with Crippen LogP contribution in [0.3, 0.4) is 0 Å². The van der Waals surface area contributed by atoms with Gasteiger partial charge in [0.05, 0.1) is 20.3 Å². The summed E-state index contributed by atoms with van der Waals surface area (Å²) in [7, 11) is 3.34. The van der Waals surface area contributed by atoms with Crippen molar-refractivity contribution in [2.45, 2.75) is 6.42 Å². The zero-order chi connectivity index (χ0) is 12.3. The van der Waals surface area contributed by atoms with E-state index in [2.05, 4.69) is 5.32 Å². The lowest BCUT2D eigenvalue weighted by Gasteiger charge is -2.07. The molecule has 4 heteroatoms. The fraction of sp³-hybridized carbons (Fsp3) is 0.538. The van der Waals surface area contributed by atoms with Crippen molar-refractivity contribution >= 4 is 5.69 Å². The van der Waals surface area contributed by atoms with Crippen molar-refractivity contribution in [1.82, 2.24) is 0 Å². The highest BCUT2D eigenvalue weighted by Crippen LogP contribution is 2.14. The minimum Gasteiger partial charge on any atom is -0.497 e. The van der Waals surface area contributed by atoms with Crippen molar-refractivity contribution in [2.24, 2.45) is 0 Å². The van der Waals surface area contributed by atoms with Crippen molar-refractivity contribution in [3.8, 4) is 5.75 Å². The van der Waals surface area contributed by atoms with E-state index in [9.17, 15) is 0 Å². The van der Waals surface area contributed by atoms with Gasteiger partial charge in [0.25, 0.3) is 0 Å². The van der Waals surface area contributed by atoms with Crippen LogP contribution in [-0.4, -0.2) is 40.6 Å². The predicted octanol–water partition coefficient (Wildman–Crippen LogP) is 2.16. The maximum atomic E-state index is 5.36. The van der Waals surface area contributed by atoms with Crippen molar-refractivity contribution in [3.63, 3.8) is 0 Å². The molecular formula is C13H21NO3. The molecular weight excluding hydrogens is 218 g/mol. The molecule has 0 radical (unpaired) electrons. The Labute approximate surface area is 103 Å². The van der Waals surface area contributed by atoms with Crippen LogP contribution in [0, 0.1) is 0 Å². The van der Waals surface area contributed by atoms with Crippen LogP contribution in [-0.2, 0) is 9.47 Å². The van der Waals surface area contributed by atoms with E-state index < -0.39 is 0 Å². The molecule has 1 aromatic rings. The zero-order valence-electron chi connectivity index (χ0n) is 10.6. The molecule has 0 aliphatic heterocycles. The third-order valence-electron chi connectivity index (χ3n) is 2.32. The van der Waals surface area contributed by atoms with Crippen molar-refractivity contribution < 1.29 is 14.2 Å². The van der Waals surface area contributed by atoms with Crippen LogP contribution in [0.15, 0.2) is 24.3 Å². The first-order valence-electron chi connectivity index (χ1n) is 5.81. The predicted molar refractivity (Wildman–Crippen MR) is 68.8 cm³/mol. The molecule has 0 saturated heterocycles. The Morgan fingerprint density at radius 2 is 1.76 bits per heavy atom. The van der Waals surface area contributed by atoms with Gasteiger partial charge < -0.3 is 19.5 Å². The molecule has 1 rings (SSSR count). The maximum absolute atomic E-state index is 5.36. The van der Waals surface area contributed by atoms with E-state index >= 15 is 0 Å². The number of hydrogen-bond acceptors (Lipinski definition) is 4. The molecule has 0 unspecified atom stereocenters. The third-order valence-corrected chi connectivity index (χ3v) is 2.32. The largest absolute Gasteiger partial charge is 0.497 e. The average molecular weight is 239 g/mol. The first kappa shape index (κ1) is 13.8. The van der Waals surface area contributed by atoms with E-state index in [4.69, 9.17) is 14.2 Å². The lowest BCUT2D eigenvalue weighted by Crippen LogP contribution is -2.08. The number of nitrogens with one attached hydrogen (secondary N) is 1. The molecule has 96 valence electrons. The third kappa shape index (κ3) is 6.14. The maximum Gasteiger partial charge on any atom is 0.119 e. The molecule has 0 aliphatic rings. The number of anilines is 1. The van der Waals surface area contributed by atoms with Crippen molar-refractivity contribution in [3.05, 3.63) is 24.3 Å². The van der Waals surface area contributed by atoms with Crippen LogP contribution < -0.4 is 10.1 Å². The summed E-state index contributed by atoms with van der Waals surface area (Å²) in [4.78, 5) is 0. The number of ether oxygens (including phenoxy) is 3. The first-order chi connectivity index (χ1) is 8.36. The summed E-state index contributed by atoms with van der Waals surface area (Å²) in [6, 6.07) is 7.89. The van der Waals surface area contributed by atoms with E-state index in [0.717, 1.165) is 31.0 Å². The van der Waals surface area contributed by atoms with Gasteiger partial charge in [0.2, 0.25) is 0 Å². The molecule has 0 aromatic heterocycles. The highest BCUT2D eigenvalue weighted by Gasteiger charge is 1.93. The van der Waals surface area contributed by atoms with Gasteiger partial charge in [-0.3, -0.25) is 0 Å². The summed E-state index contributed by atoms with van der Waals surface area (Å²) in [5.74, 6) is 0.874. The average Bonchev–Trinajstić information content (AvgIpc) is 2.38. The van der Waals surface area contributed by atoms with Crippen molar-refractivity contribution in [2.75, 3.05) is 45.9 Å². The van der Waals surface area contributed by atoms with Crippen LogP contribution in [0.4, 0.5) is 5.69 Å².